The Morgan fingerprint density at radius 1 is 1.60 bits per heavy atom. The van der Waals surface area contributed by atoms with Crippen molar-refractivity contribution < 1.29 is 24.2 Å². The van der Waals surface area contributed by atoms with Gasteiger partial charge in [-0.15, -0.1) is 0 Å². The van der Waals surface area contributed by atoms with Crippen molar-refractivity contribution in [2.75, 3.05) is 13.2 Å². The van der Waals surface area contributed by atoms with Crippen LogP contribution < -0.4 is 5.48 Å². The van der Waals surface area contributed by atoms with E-state index in [-0.39, 0.29) is 12.2 Å². The van der Waals surface area contributed by atoms with E-state index in [1.807, 2.05) is 0 Å². The SMILES string of the molecule is Cn1c(F)nc2ccc(C(=O)NOCC(O)CO)cc21. The van der Waals surface area contributed by atoms with Crippen LogP contribution in [0.2, 0.25) is 0 Å². The first-order chi connectivity index (χ1) is 9.52. The summed E-state index contributed by atoms with van der Waals surface area (Å²) in [4.78, 5) is 20.2. The molecule has 2 rings (SSSR count). The summed E-state index contributed by atoms with van der Waals surface area (Å²) in [5, 5.41) is 17.6. The van der Waals surface area contributed by atoms with Gasteiger partial charge in [-0.2, -0.15) is 4.39 Å². The van der Waals surface area contributed by atoms with Crippen LogP contribution in [0.5, 0.6) is 0 Å². The molecule has 1 atom stereocenters. The number of hydrogen-bond donors (Lipinski definition) is 3. The van der Waals surface area contributed by atoms with Crippen molar-refractivity contribution in [2.45, 2.75) is 6.10 Å². The Bertz CT molecular complexity index is 628. The fraction of sp³-hybridized carbons (Fsp3) is 0.333. The summed E-state index contributed by atoms with van der Waals surface area (Å²) < 4.78 is 14.5. The lowest BCUT2D eigenvalue weighted by molar-refractivity contribution is -0.0295. The van der Waals surface area contributed by atoms with Gasteiger partial charge in [-0.05, 0) is 18.2 Å². The summed E-state index contributed by atoms with van der Waals surface area (Å²) in [7, 11) is 1.50. The molecule has 8 heteroatoms. The molecular formula is C12H14FN3O4. The van der Waals surface area contributed by atoms with Crippen LogP contribution in [-0.2, 0) is 11.9 Å². The second-order valence-corrected chi connectivity index (χ2v) is 4.22. The van der Waals surface area contributed by atoms with Gasteiger partial charge in [0.2, 0.25) is 0 Å². The van der Waals surface area contributed by atoms with Crippen LogP contribution in [0, 0.1) is 6.08 Å². The van der Waals surface area contributed by atoms with E-state index < -0.39 is 24.7 Å². The van der Waals surface area contributed by atoms with Crippen molar-refractivity contribution >= 4 is 16.9 Å². The Balaban J connectivity index is 2.08. The number of nitrogens with zero attached hydrogens (tertiary/aromatic N) is 2. The topological polar surface area (TPSA) is 96.6 Å². The van der Waals surface area contributed by atoms with E-state index >= 15 is 0 Å². The Kier molecular flexibility index (Phi) is 4.28. The zero-order valence-corrected chi connectivity index (χ0v) is 10.7. The fourth-order valence-corrected chi connectivity index (χ4v) is 1.62. The third kappa shape index (κ3) is 2.93. The van der Waals surface area contributed by atoms with Crippen LogP contribution in [0.15, 0.2) is 18.2 Å². The molecular weight excluding hydrogens is 269 g/mol. The van der Waals surface area contributed by atoms with Crippen LogP contribution in [0.25, 0.3) is 11.0 Å². The Hall–Kier alpha value is -2.03. The lowest BCUT2D eigenvalue weighted by Gasteiger charge is -2.09. The number of rotatable bonds is 5. The number of aromatic nitrogens is 2. The first-order valence-corrected chi connectivity index (χ1v) is 5.86. The van der Waals surface area contributed by atoms with Crippen LogP contribution in [0.1, 0.15) is 10.4 Å². The zero-order valence-electron chi connectivity index (χ0n) is 10.7. The maximum absolute atomic E-state index is 13.3. The highest BCUT2D eigenvalue weighted by Crippen LogP contribution is 2.16. The van der Waals surface area contributed by atoms with Crippen molar-refractivity contribution in [1.29, 1.82) is 0 Å². The Morgan fingerprint density at radius 3 is 3.05 bits per heavy atom. The van der Waals surface area contributed by atoms with Crippen molar-refractivity contribution in [1.82, 2.24) is 15.0 Å². The molecule has 0 spiro atoms. The van der Waals surface area contributed by atoms with Crippen molar-refractivity contribution in [2.24, 2.45) is 7.05 Å². The second kappa shape index (κ2) is 5.95. The number of nitrogens with one attached hydrogen (secondary N) is 1. The molecule has 1 heterocycles. The van der Waals surface area contributed by atoms with E-state index in [0.717, 1.165) is 0 Å². The first-order valence-electron chi connectivity index (χ1n) is 5.86. The molecule has 0 saturated carbocycles. The highest BCUT2D eigenvalue weighted by Gasteiger charge is 2.12. The first kappa shape index (κ1) is 14.4. The normalized spacial score (nSPS) is 12.6. The molecule has 7 nitrogen and oxygen atoms in total. The van der Waals surface area contributed by atoms with Gasteiger partial charge in [0.1, 0.15) is 12.7 Å². The molecule has 3 N–H and O–H groups in total. The second-order valence-electron chi connectivity index (χ2n) is 4.22. The third-order valence-electron chi connectivity index (χ3n) is 2.74. The average molecular weight is 283 g/mol. The predicted octanol–water partition coefficient (Wildman–Crippen LogP) is -0.273. The van der Waals surface area contributed by atoms with E-state index in [0.29, 0.717) is 11.0 Å². The Morgan fingerprint density at radius 2 is 2.35 bits per heavy atom. The number of benzene rings is 1. The molecule has 0 fully saturated rings. The van der Waals surface area contributed by atoms with Crippen LogP contribution >= 0.6 is 0 Å². The van der Waals surface area contributed by atoms with Gasteiger partial charge in [0.25, 0.3) is 12.0 Å². The van der Waals surface area contributed by atoms with Crippen LogP contribution in [0.3, 0.4) is 0 Å². The lowest BCUT2D eigenvalue weighted by atomic mass is 10.2. The van der Waals surface area contributed by atoms with Crippen molar-refractivity contribution in [3.63, 3.8) is 0 Å². The maximum Gasteiger partial charge on any atom is 0.289 e. The minimum Gasteiger partial charge on any atom is -0.394 e. The average Bonchev–Trinajstić information content (AvgIpc) is 2.73. The molecule has 1 unspecified atom stereocenters. The zero-order chi connectivity index (χ0) is 14.7. The van der Waals surface area contributed by atoms with Gasteiger partial charge in [-0.3, -0.25) is 9.63 Å². The summed E-state index contributed by atoms with van der Waals surface area (Å²) in [6, 6.07) is 4.48. The van der Waals surface area contributed by atoms with Crippen molar-refractivity contribution in [3.8, 4) is 0 Å². The number of aryl methyl sites for hydroxylation is 1. The van der Waals surface area contributed by atoms with Gasteiger partial charge in [-0.25, -0.2) is 10.5 Å². The molecule has 0 aliphatic heterocycles. The number of aliphatic hydroxyl groups is 2. The van der Waals surface area contributed by atoms with Gasteiger partial charge in [0.05, 0.1) is 17.6 Å². The van der Waals surface area contributed by atoms with Gasteiger partial charge < -0.3 is 14.8 Å². The van der Waals surface area contributed by atoms with E-state index in [1.54, 1.807) is 0 Å². The standard InChI is InChI=1S/C12H14FN3O4/c1-16-10-4-7(2-3-9(10)14-12(16)13)11(19)15-20-6-8(18)5-17/h2-4,8,17-18H,5-6H2,1H3,(H,15,19). The number of aliphatic hydroxyl groups excluding tert-OH is 2. The van der Waals surface area contributed by atoms with E-state index in [1.165, 1.54) is 29.8 Å². The molecule has 0 bridgehead atoms. The fourth-order valence-electron chi connectivity index (χ4n) is 1.62. The molecule has 1 amide bonds. The largest absolute Gasteiger partial charge is 0.394 e. The predicted molar refractivity (Wildman–Crippen MR) is 67.2 cm³/mol. The number of amides is 1. The minimum absolute atomic E-state index is 0.231. The third-order valence-corrected chi connectivity index (χ3v) is 2.74. The highest BCUT2D eigenvalue weighted by molar-refractivity contribution is 5.96. The minimum atomic E-state index is -1.07. The number of fused-ring (bicyclic) bond motifs is 1. The number of hydroxylamine groups is 1. The van der Waals surface area contributed by atoms with Crippen LogP contribution in [0.4, 0.5) is 4.39 Å². The van der Waals surface area contributed by atoms with Gasteiger partial charge >= 0.3 is 0 Å². The molecule has 20 heavy (non-hydrogen) atoms. The summed E-state index contributed by atoms with van der Waals surface area (Å²) in [6.07, 6.45) is -1.70. The van der Waals surface area contributed by atoms with E-state index in [9.17, 15) is 9.18 Å². The molecule has 1 aromatic heterocycles. The summed E-state index contributed by atoms with van der Waals surface area (Å²) in [5.74, 6) is -0.543. The molecule has 0 aliphatic carbocycles. The molecule has 0 aliphatic rings. The summed E-state index contributed by atoms with van der Waals surface area (Å²) in [6.45, 7) is -0.694. The molecule has 1 aromatic carbocycles. The van der Waals surface area contributed by atoms with E-state index in [2.05, 4.69) is 10.5 Å². The van der Waals surface area contributed by atoms with Crippen molar-refractivity contribution in [3.05, 3.63) is 29.8 Å². The smallest absolute Gasteiger partial charge is 0.289 e. The molecule has 0 saturated heterocycles. The number of carbonyl (C=O) groups excluding carboxylic acids is 1. The lowest BCUT2D eigenvalue weighted by Crippen LogP contribution is -2.29. The Labute approximate surface area is 113 Å². The van der Waals surface area contributed by atoms with Gasteiger partial charge in [0, 0.05) is 12.6 Å². The van der Waals surface area contributed by atoms with Crippen LogP contribution in [-0.4, -0.2) is 45.0 Å². The van der Waals surface area contributed by atoms with E-state index in [4.69, 9.17) is 15.1 Å². The number of halogens is 1. The molecule has 2 aromatic rings. The summed E-state index contributed by atoms with van der Waals surface area (Å²) >= 11 is 0. The molecule has 0 radical (unpaired) electrons. The maximum atomic E-state index is 13.3. The summed E-state index contributed by atoms with van der Waals surface area (Å²) in [5.41, 5.74) is 3.30. The monoisotopic (exact) mass is 283 g/mol. The number of hydrogen-bond acceptors (Lipinski definition) is 5. The number of imidazole rings is 1. The highest BCUT2D eigenvalue weighted by atomic mass is 19.1. The number of carbonyl (C=O) groups is 1. The quantitative estimate of drug-likeness (QED) is 0.656. The molecule has 108 valence electrons. The van der Waals surface area contributed by atoms with Gasteiger partial charge in [-0.1, -0.05) is 0 Å². The van der Waals surface area contributed by atoms with Gasteiger partial charge in [0.15, 0.2) is 0 Å².